The third-order valence-corrected chi connectivity index (χ3v) is 5.15. The summed E-state index contributed by atoms with van der Waals surface area (Å²) in [5.41, 5.74) is 2.22. The van der Waals surface area contributed by atoms with Crippen molar-refractivity contribution in [2.75, 3.05) is 25.3 Å². The first-order valence-corrected chi connectivity index (χ1v) is 9.65. The number of fused-ring (bicyclic) bond motifs is 2. The van der Waals surface area contributed by atoms with Crippen molar-refractivity contribution in [3.63, 3.8) is 0 Å². The molecule has 5 rings (SSSR count). The summed E-state index contributed by atoms with van der Waals surface area (Å²) in [6, 6.07) is 5.78. The van der Waals surface area contributed by atoms with Gasteiger partial charge in [-0.25, -0.2) is 15.0 Å². The molecule has 2 aliphatic heterocycles. The van der Waals surface area contributed by atoms with Crippen LogP contribution < -0.4 is 14.8 Å². The number of hydrogen-bond acceptors (Lipinski definition) is 9. The number of aliphatic hydroxyl groups excluding tert-OH is 2. The molecule has 10 heteroatoms. The molecule has 0 radical (unpaired) electrons. The molecule has 10 nitrogen and oxygen atoms in total. The zero-order valence-electron chi connectivity index (χ0n) is 16.0. The lowest BCUT2D eigenvalue weighted by molar-refractivity contribution is -0.0432. The topological polar surface area (TPSA) is 124 Å². The van der Waals surface area contributed by atoms with Gasteiger partial charge in [-0.15, -0.1) is 0 Å². The predicted octanol–water partition coefficient (Wildman–Crippen LogP) is 1.32. The van der Waals surface area contributed by atoms with Gasteiger partial charge in [0.2, 0.25) is 6.79 Å². The number of ether oxygens (including phenoxy) is 3. The molecular formula is C20H21N5O5. The van der Waals surface area contributed by atoms with Crippen molar-refractivity contribution in [3.8, 4) is 11.5 Å². The average Bonchev–Trinajstić information content (AvgIpc) is 3.48. The van der Waals surface area contributed by atoms with Crippen molar-refractivity contribution >= 4 is 23.1 Å². The summed E-state index contributed by atoms with van der Waals surface area (Å²) in [5.74, 6) is 2.11. The normalized spacial score (nSPS) is 22.9. The maximum absolute atomic E-state index is 9.99. The number of benzene rings is 1. The van der Waals surface area contributed by atoms with Crippen LogP contribution in [0.4, 0.5) is 5.82 Å². The zero-order chi connectivity index (χ0) is 20.5. The Morgan fingerprint density at radius 3 is 2.97 bits per heavy atom. The van der Waals surface area contributed by atoms with Crippen molar-refractivity contribution in [3.05, 3.63) is 42.5 Å². The van der Waals surface area contributed by atoms with Crippen molar-refractivity contribution < 1.29 is 24.4 Å². The second-order valence-corrected chi connectivity index (χ2v) is 7.06. The van der Waals surface area contributed by atoms with Gasteiger partial charge >= 0.3 is 0 Å². The molecule has 3 aromatic rings. The number of anilines is 1. The smallest absolute Gasteiger partial charge is 0.231 e. The number of nitrogens with one attached hydrogen (secondary N) is 1. The molecule has 2 aromatic heterocycles. The third kappa shape index (κ3) is 3.45. The van der Waals surface area contributed by atoms with E-state index in [0.29, 0.717) is 29.9 Å². The second kappa shape index (κ2) is 7.90. The van der Waals surface area contributed by atoms with Crippen LogP contribution >= 0.6 is 0 Å². The number of aromatic nitrogens is 4. The Morgan fingerprint density at radius 2 is 2.10 bits per heavy atom. The Labute approximate surface area is 171 Å². The molecule has 3 atom stereocenters. The Bertz CT molecular complexity index is 1080. The molecule has 1 saturated heterocycles. The quantitative estimate of drug-likeness (QED) is 0.551. The van der Waals surface area contributed by atoms with Gasteiger partial charge < -0.3 is 29.7 Å². The SMILES string of the molecule is OC[C@H]1O[C@@H](n2cnc3c(NC/C=C/c4ccc5c(c4)OCO5)ncnc32)C[C@@H]1O. The van der Waals surface area contributed by atoms with Gasteiger partial charge in [0.15, 0.2) is 28.5 Å². The lowest BCUT2D eigenvalue weighted by Gasteiger charge is -2.13. The second-order valence-electron chi connectivity index (χ2n) is 7.06. The van der Waals surface area contributed by atoms with E-state index < -0.39 is 18.4 Å². The van der Waals surface area contributed by atoms with E-state index in [2.05, 4.69) is 20.3 Å². The highest BCUT2D eigenvalue weighted by atomic mass is 16.7. The minimum Gasteiger partial charge on any atom is -0.454 e. The fourth-order valence-corrected chi connectivity index (χ4v) is 3.61. The first-order valence-electron chi connectivity index (χ1n) is 9.65. The molecule has 0 spiro atoms. The monoisotopic (exact) mass is 411 g/mol. The molecule has 0 bridgehead atoms. The van der Waals surface area contributed by atoms with Gasteiger partial charge in [0.1, 0.15) is 18.7 Å². The molecule has 1 aromatic carbocycles. The number of nitrogens with zero attached hydrogens (tertiary/aromatic N) is 4. The highest BCUT2D eigenvalue weighted by molar-refractivity contribution is 5.82. The maximum Gasteiger partial charge on any atom is 0.231 e. The summed E-state index contributed by atoms with van der Waals surface area (Å²) < 4.78 is 18.2. The third-order valence-electron chi connectivity index (χ3n) is 5.15. The molecule has 0 saturated carbocycles. The highest BCUT2D eigenvalue weighted by Crippen LogP contribution is 2.33. The van der Waals surface area contributed by atoms with Crippen molar-refractivity contribution in [2.24, 2.45) is 0 Å². The Hall–Kier alpha value is -3.21. The molecule has 2 aliphatic rings. The van der Waals surface area contributed by atoms with Gasteiger partial charge in [-0.05, 0) is 17.7 Å². The molecule has 0 unspecified atom stereocenters. The Balaban J connectivity index is 1.28. The molecule has 0 amide bonds. The fraction of sp³-hybridized carbons (Fsp3) is 0.350. The summed E-state index contributed by atoms with van der Waals surface area (Å²) in [5, 5.41) is 22.5. The highest BCUT2D eigenvalue weighted by Gasteiger charge is 2.35. The van der Waals surface area contributed by atoms with Crippen LogP contribution in [-0.2, 0) is 4.74 Å². The van der Waals surface area contributed by atoms with E-state index in [1.807, 2.05) is 30.4 Å². The first kappa shape index (κ1) is 18.8. The number of imidazole rings is 1. The van der Waals surface area contributed by atoms with Gasteiger partial charge in [-0.1, -0.05) is 18.2 Å². The van der Waals surface area contributed by atoms with Gasteiger partial charge in [-0.2, -0.15) is 0 Å². The summed E-state index contributed by atoms with van der Waals surface area (Å²) in [6.45, 7) is 0.562. The zero-order valence-corrected chi connectivity index (χ0v) is 16.0. The number of aliphatic hydroxyl groups is 2. The van der Waals surface area contributed by atoms with Crippen LogP contribution in [0.15, 0.2) is 36.9 Å². The predicted molar refractivity (Wildman–Crippen MR) is 107 cm³/mol. The largest absolute Gasteiger partial charge is 0.454 e. The molecule has 30 heavy (non-hydrogen) atoms. The standard InChI is InChI=1S/C20H21N5O5/c26-8-16-13(27)7-17(30-16)25-10-24-18-19(22-9-23-20(18)25)21-5-1-2-12-3-4-14-15(6-12)29-11-28-14/h1-4,6,9-10,13,16-17,26-27H,5,7-8,11H2,(H,21,22,23)/b2-1+/t13-,16+,17+/m0/s1. The minimum atomic E-state index is -0.724. The van der Waals surface area contributed by atoms with Crippen LogP contribution in [-0.4, -0.2) is 61.9 Å². The van der Waals surface area contributed by atoms with Crippen LogP contribution in [0, 0.1) is 0 Å². The number of rotatable bonds is 6. The molecular weight excluding hydrogens is 390 g/mol. The Morgan fingerprint density at radius 1 is 1.20 bits per heavy atom. The van der Waals surface area contributed by atoms with Crippen LogP contribution in [0.3, 0.4) is 0 Å². The summed E-state index contributed by atoms with van der Waals surface area (Å²) in [6.07, 6.45) is 5.63. The minimum absolute atomic E-state index is 0.234. The lowest BCUT2D eigenvalue weighted by atomic mass is 10.2. The number of hydrogen-bond donors (Lipinski definition) is 3. The Kier molecular flexibility index (Phi) is 4.95. The van der Waals surface area contributed by atoms with Gasteiger partial charge in [-0.3, -0.25) is 4.57 Å². The lowest BCUT2D eigenvalue weighted by Crippen LogP contribution is -2.24. The van der Waals surface area contributed by atoms with E-state index in [1.54, 1.807) is 10.9 Å². The average molecular weight is 411 g/mol. The molecule has 156 valence electrons. The van der Waals surface area contributed by atoms with Crippen molar-refractivity contribution in [1.29, 1.82) is 0 Å². The van der Waals surface area contributed by atoms with Crippen LogP contribution in [0.5, 0.6) is 11.5 Å². The molecule has 4 heterocycles. The summed E-state index contributed by atoms with van der Waals surface area (Å²) in [7, 11) is 0. The van der Waals surface area contributed by atoms with E-state index in [0.717, 1.165) is 17.1 Å². The van der Waals surface area contributed by atoms with Gasteiger partial charge in [0.05, 0.1) is 19.0 Å². The van der Waals surface area contributed by atoms with E-state index >= 15 is 0 Å². The summed E-state index contributed by atoms with van der Waals surface area (Å²) in [4.78, 5) is 13.0. The van der Waals surface area contributed by atoms with Gasteiger partial charge in [0, 0.05) is 13.0 Å². The van der Waals surface area contributed by atoms with Crippen molar-refractivity contribution in [2.45, 2.75) is 24.9 Å². The van der Waals surface area contributed by atoms with E-state index in [1.165, 1.54) is 6.33 Å². The fourth-order valence-electron chi connectivity index (χ4n) is 3.61. The maximum atomic E-state index is 9.99. The van der Waals surface area contributed by atoms with E-state index in [4.69, 9.17) is 14.2 Å². The van der Waals surface area contributed by atoms with E-state index in [9.17, 15) is 10.2 Å². The molecule has 1 fully saturated rings. The van der Waals surface area contributed by atoms with Crippen LogP contribution in [0.25, 0.3) is 17.2 Å². The van der Waals surface area contributed by atoms with Crippen LogP contribution in [0.1, 0.15) is 18.2 Å². The van der Waals surface area contributed by atoms with Crippen molar-refractivity contribution in [1.82, 2.24) is 19.5 Å². The van der Waals surface area contributed by atoms with Gasteiger partial charge in [0.25, 0.3) is 0 Å². The summed E-state index contributed by atoms with van der Waals surface area (Å²) >= 11 is 0. The van der Waals surface area contributed by atoms with Crippen LogP contribution in [0.2, 0.25) is 0 Å². The first-order chi connectivity index (χ1) is 14.7. The molecule has 3 N–H and O–H groups in total. The van der Waals surface area contributed by atoms with E-state index in [-0.39, 0.29) is 13.4 Å². The molecule has 0 aliphatic carbocycles.